The summed E-state index contributed by atoms with van der Waals surface area (Å²) in [6.07, 6.45) is 6.77. The van der Waals surface area contributed by atoms with Gasteiger partial charge in [-0.2, -0.15) is 5.10 Å². The van der Waals surface area contributed by atoms with Crippen molar-refractivity contribution in [3.05, 3.63) is 60.6 Å². The number of fused-ring (bicyclic) bond motifs is 1. The first-order chi connectivity index (χ1) is 18.6. The van der Waals surface area contributed by atoms with Crippen molar-refractivity contribution >= 4 is 22.9 Å². The topological polar surface area (TPSA) is 125 Å². The number of amides is 1. The van der Waals surface area contributed by atoms with Crippen LogP contribution in [0.25, 0.3) is 22.4 Å². The number of benzene rings is 1. The number of nitrogens with zero attached hydrogens (tertiary/aromatic N) is 7. The molecule has 2 N–H and O–H groups in total. The van der Waals surface area contributed by atoms with Crippen LogP contribution in [0.1, 0.15) is 24.4 Å². The number of primary amides is 1. The molecule has 2 aliphatic heterocycles. The first-order valence-electron chi connectivity index (χ1n) is 12.9. The summed E-state index contributed by atoms with van der Waals surface area (Å²) in [7, 11) is 0. The zero-order chi connectivity index (χ0) is 25.9. The van der Waals surface area contributed by atoms with Crippen molar-refractivity contribution in [2.75, 3.05) is 44.3 Å². The predicted octanol–water partition coefficient (Wildman–Crippen LogP) is 3.02. The lowest BCUT2D eigenvalue weighted by Gasteiger charge is -2.32. The van der Waals surface area contributed by atoms with Crippen LogP contribution >= 0.6 is 0 Å². The van der Waals surface area contributed by atoms with E-state index in [1.807, 2.05) is 36.8 Å². The van der Waals surface area contributed by atoms with Gasteiger partial charge < -0.3 is 20.1 Å². The van der Waals surface area contributed by atoms with Crippen molar-refractivity contribution < 1.29 is 14.3 Å². The van der Waals surface area contributed by atoms with Gasteiger partial charge in [0.1, 0.15) is 11.6 Å². The zero-order valence-electron chi connectivity index (χ0n) is 21.1. The van der Waals surface area contributed by atoms with Crippen molar-refractivity contribution in [3.63, 3.8) is 0 Å². The number of aromatic nitrogens is 5. The van der Waals surface area contributed by atoms with Crippen molar-refractivity contribution in [2.24, 2.45) is 5.73 Å². The van der Waals surface area contributed by atoms with E-state index < -0.39 is 6.09 Å². The van der Waals surface area contributed by atoms with Crippen molar-refractivity contribution in [3.8, 4) is 17.1 Å². The normalized spacial score (nSPS) is 17.1. The molecule has 38 heavy (non-hydrogen) atoms. The van der Waals surface area contributed by atoms with Gasteiger partial charge in [0.05, 0.1) is 30.8 Å². The Hall–Kier alpha value is -4.09. The molecule has 11 heteroatoms. The molecule has 0 saturated carbocycles. The quantitative estimate of drug-likeness (QED) is 0.413. The number of rotatable bonds is 6. The Kier molecular flexibility index (Phi) is 6.84. The molecule has 0 aliphatic carbocycles. The number of nitrogens with two attached hydrogens (primary N) is 1. The molecule has 6 rings (SSSR count). The van der Waals surface area contributed by atoms with Crippen molar-refractivity contribution in [1.29, 1.82) is 0 Å². The Balaban J connectivity index is 1.30. The van der Waals surface area contributed by atoms with Crippen LogP contribution in [0.3, 0.4) is 0 Å². The first kappa shape index (κ1) is 24.3. The van der Waals surface area contributed by atoms with E-state index in [9.17, 15) is 4.79 Å². The van der Waals surface area contributed by atoms with E-state index in [4.69, 9.17) is 30.3 Å². The SMILES string of the molecule is NC(=O)Oc1ccc(-c2nc(N3CCOCC3)c3cnn(C4CCN(Cc5cccnc5)CC4)c3n2)cc1. The standard InChI is InChI=1S/C27H30N8O3/c28-27(36)38-22-5-3-20(4-6-22)24-31-25(34-12-14-37-15-13-34)23-17-30-35(26(23)32-24)21-7-10-33(11-8-21)18-19-2-1-9-29-16-19/h1-6,9,16-17,21H,7-8,10-15,18H2,(H2,28,36). The average molecular weight is 515 g/mol. The van der Waals surface area contributed by atoms with Crippen LogP contribution in [0.4, 0.5) is 10.6 Å². The summed E-state index contributed by atoms with van der Waals surface area (Å²) < 4.78 is 12.6. The smallest absolute Gasteiger partial charge is 0.409 e. The molecule has 0 spiro atoms. The van der Waals surface area contributed by atoms with Crippen LogP contribution in [0.5, 0.6) is 5.75 Å². The summed E-state index contributed by atoms with van der Waals surface area (Å²) >= 11 is 0. The molecule has 2 fully saturated rings. The maximum Gasteiger partial charge on any atom is 0.409 e. The fraction of sp³-hybridized carbons (Fsp3) is 0.370. The number of hydrogen-bond donors (Lipinski definition) is 1. The number of hydrogen-bond acceptors (Lipinski definition) is 9. The number of piperidine rings is 1. The van der Waals surface area contributed by atoms with E-state index in [0.29, 0.717) is 24.8 Å². The van der Waals surface area contributed by atoms with Gasteiger partial charge in [0.2, 0.25) is 0 Å². The highest BCUT2D eigenvalue weighted by molar-refractivity contribution is 5.89. The molecule has 0 radical (unpaired) electrons. The van der Waals surface area contributed by atoms with Gasteiger partial charge in [0.25, 0.3) is 0 Å². The lowest BCUT2D eigenvalue weighted by atomic mass is 10.0. The van der Waals surface area contributed by atoms with Crippen LogP contribution in [0, 0.1) is 0 Å². The second-order valence-corrected chi connectivity index (χ2v) is 9.61. The van der Waals surface area contributed by atoms with Gasteiger partial charge in [-0.25, -0.2) is 19.4 Å². The maximum absolute atomic E-state index is 11.1. The number of likely N-dealkylation sites (tertiary alicyclic amines) is 1. The first-order valence-corrected chi connectivity index (χ1v) is 12.9. The largest absolute Gasteiger partial charge is 0.411 e. The summed E-state index contributed by atoms with van der Waals surface area (Å²) in [5, 5.41) is 5.77. The number of carbonyl (C=O) groups excluding carboxylic acids is 1. The molecular weight excluding hydrogens is 484 g/mol. The highest BCUT2D eigenvalue weighted by Crippen LogP contribution is 2.32. The molecule has 0 bridgehead atoms. The fourth-order valence-corrected chi connectivity index (χ4v) is 5.18. The number of anilines is 1. The number of carbonyl (C=O) groups is 1. The third kappa shape index (κ3) is 5.15. The molecule has 5 heterocycles. The molecule has 0 atom stereocenters. The molecule has 4 aromatic rings. The van der Waals surface area contributed by atoms with Crippen LogP contribution < -0.4 is 15.4 Å². The molecule has 1 aromatic carbocycles. The molecule has 196 valence electrons. The summed E-state index contributed by atoms with van der Waals surface area (Å²) in [5.74, 6) is 1.84. The van der Waals surface area contributed by atoms with Gasteiger partial charge in [-0.15, -0.1) is 0 Å². The van der Waals surface area contributed by atoms with Gasteiger partial charge in [-0.1, -0.05) is 6.07 Å². The van der Waals surface area contributed by atoms with E-state index in [0.717, 1.165) is 68.0 Å². The maximum atomic E-state index is 11.1. The van der Waals surface area contributed by atoms with Crippen LogP contribution in [-0.2, 0) is 11.3 Å². The van der Waals surface area contributed by atoms with Crippen molar-refractivity contribution in [1.82, 2.24) is 29.6 Å². The van der Waals surface area contributed by atoms with Gasteiger partial charge >= 0.3 is 6.09 Å². The molecule has 2 saturated heterocycles. The van der Waals surface area contributed by atoms with Crippen LogP contribution in [0.15, 0.2) is 55.0 Å². The Bertz CT molecular complexity index is 1400. The second kappa shape index (κ2) is 10.7. The van der Waals surface area contributed by atoms with Gasteiger partial charge in [-0.3, -0.25) is 9.88 Å². The number of morpholine rings is 1. The van der Waals surface area contributed by atoms with Gasteiger partial charge in [0.15, 0.2) is 11.5 Å². The minimum Gasteiger partial charge on any atom is -0.411 e. The summed E-state index contributed by atoms with van der Waals surface area (Å²) in [6.45, 7) is 5.70. The van der Waals surface area contributed by atoms with E-state index in [-0.39, 0.29) is 6.04 Å². The third-order valence-electron chi connectivity index (χ3n) is 7.11. The Morgan fingerprint density at radius 2 is 1.82 bits per heavy atom. The minimum atomic E-state index is -0.847. The van der Waals surface area contributed by atoms with Gasteiger partial charge in [-0.05, 0) is 48.7 Å². The molecule has 0 unspecified atom stereocenters. The number of ether oxygens (including phenoxy) is 2. The van der Waals surface area contributed by atoms with Crippen molar-refractivity contribution in [2.45, 2.75) is 25.4 Å². The molecule has 1 amide bonds. The van der Waals surface area contributed by atoms with E-state index in [1.165, 1.54) is 5.56 Å². The molecule has 3 aromatic heterocycles. The molecular formula is C27H30N8O3. The van der Waals surface area contributed by atoms with E-state index in [2.05, 4.69) is 25.5 Å². The monoisotopic (exact) mass is 514 g/mol. The lowest BCUT2D eigenvalue weighted by Crippen LogP contribution is -2.37. The highest BCUT2D eigenvalue weighted by atomic mass is 16.5. The Labute approximate surface area is 220 Å². The Morgan fingerprint density at radius 1 is 1.03 bits per heavy atom. The summed E-state index contributed by atoms with van der Waals surface area (Å²) in [4.78, 5) is 30.0. The second-order valence-electron chi connectivity index (χ2n) is 9.61. The average Bonchev–Trinajstić information content (AvgIpc) is 3.38. The van der Waals surface area contributed by atoms with Crippen LogP contribution in [0.2, 0.25) is 0 Å². The highest BCUT2D eigenvalue weighted by Gasteiger charge is 2.26. The fourth-order valence-electron chi connectivity index (χ4n) is 5.18. The van der Waals surface area contributed by atoms with E-state index >= 15 is 0 Å². The Morgan fingerprint density at radius 3 is 2.53 bits per heavy atom. The lowest BCUT2D eigenvalue weighted by molar-refractivity contribution is 0.122. The molecule has 11 nitrogen and oxygen atoms in total. The molecule has 2 aliphatic rings. The number of pyridine rings is 1. The van der Waals surface area contributed by atoms with E-state index in [1.54, 1.807) is 12.1 Å². The third-order valence-corrected chi connectivity index (χ3v) is 7.11. The summed E-state index contributed by atoms with van der Waals surface area (Å²) in [5.41, 5.74) is 8.03. The van der Waals surface area contributed by atoms with Crippen LogP contribution in [-0.4, -0.2) is 75.1 Å². The zero-order valence-corrected chi connectivity index (χ0v) is 21.1. The minimum absolute atomic E-state index is 0.254. The predicted molar refractivity (Wildman–Crippen MR) is 142 cm³/mol. The summed E-state index contributed by atoms with van der Waals surface area (Å²) in [6, 6.07) is 11.4. The van der Waals surface area contributed by atoms with Gasteiger partial charge in [0, 0.05) is 50.7 Å².